The van der Waals surface area contributed by atoms with Gasteiger partial charge < -0.3 is 9.47 Å². The van der Waals surface area contributed by atoms with Crippen LogP contribution in [0, 0.1) is 0 Å². The zero-order valence-electron chi connectivity index (χ0n) is 7.10. The van der Waals surface area contributed by atoms with Gasteiger partial charge in [-0.15, -0.1) is 0 Å². The van der Waals surface area contributed by atoms with Crippen molar-refractivity contribution < 1.29 is 14.3 Å². The normalized spacial score (nSPS) is 19.8. The lowest BCUT2D eigenvalue weighted by Gasteiger charge is -2.23. The molecule has 1 aliphatic rings. The summed E-state index contributed by atoms with van der Waals surface area (Å²) in [6.07, 6.45) is 0.595. The number of para-hydroxylation sites is 1. The summed E-state index contributed by atoms with van der Waals surface area (Å²) >= 11 is 0. The molecule has 13 heavy (non-hydrogen) atoms. The maximum Gasteiger partial charge on any atom is 0.293 e. The third-order valence-corrected chi connectivity index (χ3v) is 2.12. The van der Waals surface area contributed by atoms with Gasteiger partial charge >= 0.3 is 0 Å². The lowest BCUT2D eigenvalue weighted by atomic mass is 10.0. The zero-order chi connectivity index (χ0) is 9.10. The van der Waals surface area contributed by atoms with Crippen LogP contribution >= 0.6 is 0 Å². The summed E-state index contributed by atoms with van der Waals surface area (Å²) in [7, 11) is 0. The van der Waals surface area contributed by atoms with E-state index in [0.29, 0.717) is 13.1 Å². The number of rotatable bonds is 2. The molecule has 68 valence electrons. The van der Waals surface area contributed by atoms with Gasteiger partial charge in [-0.05, 0) is 6.07 Å². The van der Waals surface area contributed by atoms with Crippen LogP contribution in [0.5, 0.6) is 5.75 Å². The Labute approximate surface area is 76.3 Å². The van der Waals surface area contributed by atoms with E-state index in [1.807, 2.05) is 24.3 Å². The summed E-state index contributed by atoms with van der Waals surface area (Å²) in [4.78, 5) is 10.2. The van der Waals surface area contributed by atoms with E-state index in [4.69, 9.17) is 9.47 Å². The summed E-state index contributed by atoms with van der Waals surface area (Å²) in [5.41, 5.74) is 0.959. The van der Waals surface area contributed by atoms with E-state index in [1.54, 1.807) is 0 Å². The Morgan fingerprint density at radius 3 is 3.15 bits per heavy atom. The van der Waals surface area contributed by atoms with Gasteiger partial charge in [-0.1, -0.05) is 18.2 Å². The van der Waals surface area contributed by atoms with Gasteiger partial charge in [0.1, 0.15) is 11.9 Å². The van der Waals surface area contributed by atoms with Crippen molar-refractivity contribution in [3.63, 3.8) is 0 Å². The first-order valence-corrected chi connectivity index (χ1v) is 4.22. The van der Waals surface area contributed by atoms with Crippen LogP contribution in [-0.2, 0) is 9.53 Å². The third-order valence-electron chi connectivity index (χ3n) is 2.12. The SMILES string of the molecule is O=COC1CCOc2ccccc21. The molecule has 1 heterocycles. The monoisotopic (exact) mass is 178 g/mol. The molecule has 1 unspecified atom stereocenters. The molecule has 0 amide bonds. The molecule has 3 nitrogen and oxygen atoms in total. The highest BCUT2D eigenvalue weighted by Crippen LogP contribution is 2.33. The number of fused-ring (bicyclic) bond motifs is 1. The number of carbonyl (C=O) groups is 1. The van der Waals surface area contributed by atoms with Crippen LogP contribution in [-0.4, -0.2) is 13.1 Å². The van der Waals surface area contributed by atoms with Crippen molar-refractivity contribution in [2.75, 3.05) is 6.61 Å². The molecule has 0 aliphatic carbocycles. The molecule has 0 saturated carbocycles. The summed E-state index contributed by atoms with van der Waals surface area (Å²) in [6.45, 7) is 1.10. The topological polar surface area (TPSA) is 35.5 Å². The second kappa shape index (κ2) is 3.47. The van der Waals surface area contributed by atoms with Crippen LogP contribution in [0.25, 0.3) is 0 Å². The molecule has 0 N–H and O–H groups in total. The van der Waals surface area contributed by atoms with Crippen molar-refractivity contribution in [3.05, 3.63) is 29.8 Å². The lowest BCUT2D eigenvalue weighted by Crippen LogP contribution is -2.15. The predicted molar refractivity (Wildman–Crippen MR) is 46.4 cm³/mol. The Morgan fingerprint density at radius 2 is 2.31 bits per heavy atom. The highest BCUT2D eigenvalue weighted by molar-refractivity contribution is 5.42. The van der Waals surface area contributed by atoms with E-state index in [0.717, 1.165) is 17.7 Å². The number of hydrogen-bond donors (Lipinski definition) is 0. The Bertz CT molecular complexity index is 309. The minimum Gasteiger partial charge on any atom is -0.493 e. The van der Waals surface area contributed by atoms with Gasteiger partial charge in [0.05, 0.1) is 6.61 Å². The summed E-state index contributed by atoms with van der Waals surface area (Å²) in [5, 5.41) is 0. The number of carbonyl (C=O) groups excluding carboxylic acids is 1. The van der Waals surface area contributed by atoms with Crippen molar-refractivity contribution >= 4 is 6.47 Å². The van der Waals surface area contributed by atoms with Gasteiger partial charge in [-0.25, -0.2) is 0 Å². The molecule has 1 aliphatic heterocycles. The summed E-state index contributed by atoms with van der Waals surface area (Å²) in [5.74, 6) is 0.820. The van der Waals surface area contributed by atoms with E-state index in [-0.39, 0.29) is 6.10 Å². The highest BCUT2D eigenvalue weighted by Gasteiger charge is 2.21. The van der Waals surface area contributed by atoms with Crippen LogP contribution in [0.1, 0.15) is 18.1 Å². The van der Waals surface area contributed by atoms with Crippen LogP contribution < -0.4 is 4.74 Å². The lowest BCUT2D eigenvalue weighted by molar-refractivity contribution is -0.135. The molecule has 0 spiro atoms. The number of hydrogen-bond acceptors (Lipinski definition) is 3. The van der Waals surface area contributed by atoms with Crippen LogP contribution in [0.15, 0.2) is 24.3 Å². The molecule has 2 rings (SSSR count). The molecule has 0 fully saturated rings. The Kier molecular flexibility index (Phi) is 2.17. The van der Waals surface area contributed by atoms with Gasteiger partial charge in [0.15, 0.2) is 0 Å². The quantitative estimate of drug-likeness (QED) is 0.646. The predicted octanol–water partition coefficient (Wildman–Crippen LogP) is 1.68. The van der Waals surface area contributed by atoms with E-state index in [1.165, 1.54) is 0 Å². The first kappa shape index (κ1) is 8.10. The second-order valence-corrected chi connectivity index (χ2v) is 2.90. The van der Waals surface area contributed by atoms with Crippen LogP contribution in [0.2, 0.25) is 0 Å². The van der Waals surface area contributed by atoms with Crippen LogP contribution in [0.4, 0.5) is 0 Å². The first-order valence-electron chi connectivity index (χ1n) is 4.22. The zero-order valence-corrected chi connectivity index (χ0v) is 7.10. The molecule has 0 saturated heterocycles. The fraction of sp³-hybridized carbons (Fsp3) is 0.300. The number of ether oxygens (including phenoxy) is 2. The van der Waals surface area contributed by atoms with Crippen molar-refractivity contribution in [1.29, 1.82) is 0 Å². The van der Waals surface area contributed by atoms with E-state index in [9.17, 15) is 4.79 Å². The van der Waals surface area contributed by atoms with Crippen LogP contribution in [0.3, 0.4) is 0 Å². The van der Waals surface area contributed by atoms with Crippen molar-refractivity contribution in [2.45, 2.75) is 12.5 Å². The molecule has 3 heteroatoms. The molecule has 0 bridgehead atoms. The summed E-state index contributed by atoms with van der Waals surface area (Å²) in [6, 6.07) is 7.62. The van der Waals surface area contributed by atoms with Gasteiger partial charge in [-0.3, -0.25) is 4.79 Å². The molecule has 1 aromatic rings. The Balaban J connectivity index is 2.31. The van der Waals surface area contributed by atoms with Gasteiger partial charge in [-0.2, -0.15) is 0 Å². The molecule has 1 atom stereocenters. The molecule has 1 aromatic carbocycles. The van der Waals surface area contributed by atoms with Crippen molar-refractivity contribution in [3.8, 4) is 5.75 Å². The van der Waals surface area contributed by atoms with E-state index < -0.39 is 0 Å². The fourth-order valence-corrected chi connectivity index (χ4v) is 1.52. The molecular formula is C10H10O3. The van der Waals surface area contributed by atoms with Gasteiger partial charge in [0, 0.05) is 12.0 Å². The van der Waals surface area contributed by atoms with Gasteiger partial charge in [0.2, 0.25) is 0 Å². The minimum atomic E-state index is -0.137. The first-order chi connectivity index (χ1) is 6.42. The highest BCUT2D eigenvalue weighted by atomic mass is 16.5. The van der Waals surface area contributed by atoms with Crippen molar-refractivity contribution in [1.82, 2.24) is 0 Å². The third kappa shape index (κ3) is 1.49. The Morgan fingerprint density at radius 1 is 1.46 bits per heavy atom. The summed E-state index contributed by atoms with van der Waals surface area (Å²) < 4.78 is 10.4. The maximum absolute atomic E-state index is 10.2. The van der Waals surface area contributed by atoms with Crippen molar-refractivity contribution in [2.24, 2.45) is 0 Å². The molecule has 0 radical (unpaired) electrons. The Hall–Kier alpha value is -1.51. The van der Waals surface area contributed by atoms with Gasteiger partial charge in [0.25, 0.3) is 6.47 Å². The van der Waals surface area contributed by atoms with E-state index >= 15 is 0 Å². The average molecular weight is 178 g/mol. The average Bonchev–Trinajstić information content (AvgIpc) is 2.19. The largest absolute Gasteiger partial charge is 0.493 e. The molecule has 0 aromatic heterocycles. The maximum atomic E-state index is 10.2. The second-order valence-electron chi connectivity index (χ2n) is 2.90. The minimum absolute atomic E-state index is 0.137. The molecular weight excluding hydrogens is 168 g/mol. The number of benzene rings is 1. The standard InChI is InChI=1S/C10H10O3/c11-7-13-10-5-6-12-9-4-2-1-3-8(9)10/h1-4,7,10H,5-6H2. The smallest absolute Gasteiger partial charge is 0.293 e. The van der Waals surface area contributed by atoms with E-state index in [2.05, 4.69) is 0 Å². The fourth-order valence-electron chi connectivity index (χ4n) is 1.52.